The third-order valence-electron chi connectivity index (χ3n) is 3.32. The van der Waals surface area contributed by atoms with Gasteiger partial charge in [0.2, 0.25) is 0 Å². The van der Waals surface area contributed by atoms with Crippen LogP contribution in [0.3, 0.4) is 0 Å². The second-order valence-electron chi connectivity index (χ2n) is 4.56. The zero-order valence-corrected chi connectivity index (χ0v) is 10.6. The Morgan fingerprint density at radius 3 is 2.55 bits per heavy atom. The maximum atomic E-state index is 13.9. The standard InChI is InChI=1S/C16H12F2N2/c17-10-5-6-13(14(18)9-10)16(19)12-7-8-20-15-4-2-1-3-11(12)15/h1-9,16H,19H2. The van der Waals surface area contributed by atoms with Gasteiger partial charge in [0, 0.05) is 23.2 Å². The normalized spacial score (nSPS) is 12.6. The molecule has 3 aromatic rings. The minimum atomic E-state index is -0.663. The summed E-state index contributed by atoms with van der Waals surface area (Å²) in [6.45, 7) is 0. The Labute approximate surface area is 114 Å². The van der Waals surface area contributed by atoms with Crippen LogP contribution >= 0.6 is 0 Å². The first-order valence-electron chi connectivity index (χ1n) is 6.21. The summed E-state index contributed by atoms with van der Waals surface area (Å²) in [4.78, 5) is 4.25. The van der Waals surface area contributed by atoms with Crippen LogP contribution in [0.5, 0.6) is 0 Å². The number of para-hydroxylation sites is 1. The zero-order valence-electron chi connectivity index (χ0n) is 10.6. The molecule has 1 aromatic heterocycles. The molecule has 0 aliphatic rings. The average Bonchev–Trinajstić information content (AvgIpc) is 2.46. The van der Waals surface area contributed by atoms with Crippen LogP contribution < -0.4 is 5.73 Å². The number of aromatic nitrogens is 1. The molecule has 1 unspecified atom stereocenters. The Kier molecular flexibility index (Phi) is 3.16. The molecular formula is C16H12F2N2. The highest BCUT2D eigenvalue weighted by molar-refractivity contribution is 5.82. The Morgan fingerprint density at radius 1 is 0.950 bits per heavy atom. The van der Waals surface area contributed by atoms with Crippen LogP contribution in [0.1, 0.15) is 17.2 Å². The van der Waals surface area contributed by atoms with Crippen LogP contribution in [-0.4, -0.2) is 4.98 Å². The minimum Gasteiger partial charge on any atom is -0.320 e. The van der Waals surface area contributed by atoms with E-state index < -0.39 is 17.7 Å². The summed E-state index contributed by atoms with van der Waals surface area (Å²) in [6, 6.07) is 12.0. The molecule has 0 spiro atoms. The van der Waals surface area contributed by atoms with Crippen molar-refractivity contribution >= 4 is 10.9 Å². The fourth-order valence-electron chi connectivity index (χ4n) is 2.31. The maximum Gasteiger partial charge on any atom is 0.131 e. The number of rotatable bonds is 2. The van der Waals surface area contributed by atoms with Gasteiger partial charge in [0.05, 0.1) is 11.6 Å². The molecular weight excluding hydrogens is 258 g/mol. The second-order valence-corrected chi connectivity index (χ2v) is 4.56. The van der Waals surface area contributed by atoms with Crippen molar-refractivity contribution in [1.29, 1.82) is 0 Å². The molecule has 0 aliphatic carbocycles. The molecule has 1 atom stereocenters. The van der Waals surface area contributed by atoms with Crippen molar-refractivity contribution in [2.75, 3.05) is 0 Å². The Hall–Kier alpha value is -2.33. The van der Waals surface area contributed by atoms with E-state index in [0.29, 0.717) is 0 Å². The minimum absolute atomic E-state index is 0.266. The van der Waals surface area contributed by atoms with Gasteiger partial charge in [-0.3, -0.25) is 4.98 Å². The fourth-order valence-corrected chi connectivity index (χ4v) is 2.31. The number of benzene rings is 2. The Balaban J connectivity index is 2.15. The van der Waals surface area contributed by atoms with Crippen LogP contribution in [0.25, 0.3) is 10.9 Å². The molecule has 4 heteroatoms. The molecule has 2 N–H and O–H groups in total. The summed E-state index contributed by atoms with van der Waals surface area (Å²) in [5.74, 6) is -1.25. The van der Waals surface area contributed by atoms with Gasteiger partial charge in [0.25, 0.3) is 0 Å². The quantitative estimate of drug-likeness (QED) is 0.773. The van der Waals surface area contributed by atoms with Crippen molar-refractivity contribution in [1.82, 2.24) is 4.98 Å². The van der Waals surface area contributed by atoms with Crippen molar-refractivity contribution in [2.45, 2.75) is 6.04 Å². The van der Waals surface area contributed by atoms with E-state index in [2.05, 4.69) is 4.98 Å². The molecule has 0 bridgehead atoms. The number of nitrogens with two attached hydrogens (primary N) is 1. The lowest BCUT2D eigenvalue weighted by atomic mass is 9.96. The first-order chi connectivity index (χ1) is 9.66. The van der Waals surface area contributed by atoms with Gasteiger partial charge < -0.3 is 5.73 Å². The van der Waals surface area contributed by atoms with E-state index in [4.69, 9.17) is 5.73 Å². The predicted octanol–water partition coefficient (Wildman–Crippen LogP) is 3.56. The van der Waals surface area contributed by atoms with Gasteiger partial charge >= 0.3 is 0 Å². The van der Waals surface area contributed by atoms with E-state index >= 15 is 0 Å². The van der Waals surface area contributed by atoms with Crippen molar-refractivity contribution in [2.24, 2.45) is 5.73 Å². The molecule has 0 fully saturated rings. The van der Waals surface area contributed by atoms with E-state index in [1.165, 1.54) is 12.1 Å². The van der Waals surface area contributed by atoms with Crippen LogP contribution in [-0.2, 0) is 0 Å². The molecule has 2 nitrogen and oxygen atoms in total. The molecule has 100 valence electrons. The number of halogens is 2. The lowest BCUT2D eigenvalue weighted by Crippen LogP contribution is -2.14. The topological polar surface area (TPSA) is 38.9 Å². The summed E-state index contributed by atoms with van der Waals surface area (Å²) < 4.78 is 26.8. The highest BCUT2D eigenvalue weighted by Crippen LogP contribution is 2.27. The molecule has 3 rings (SSSR count). The monoisotopic (exact) mass is 270 g/mol. The highest BCUT2D eigenvalue weighted by Gasteiger charge is 2.16. The Morgan fingerprint density at radius 2 is 1.75 bits per heavy atom. The van der Waals surface area contributed by atoms with Gasteiger partial charge in [-0.05, 0) is 23.8 Å². The predicted molar refractivity (Wildman–Crippen MR) is 74.1 cm³/mol. The smallest absolute Gasteiger partial charge is 0.131 e. The first kappa shape index (κ1) is 12.7. The molecule has 20 heavy (non-hydrogen) atoms. The Bertz CT molecular complexity index is 766. The molecule has 0 radical (unpaired) electrons. The van der Waals surface area contributed by atoms with Crippen molar-refractivity contribution < 1.29 is 8.78 Å². The lowest BCUT2D eigenvalue weighted by molar-refractivity contribution is 0.566. The lowest BCUT2D eigenvalue weighted by Gasteiger charge is -2.15. The van der Waals surface area contributed by atoms with Gasteiger partial charge in [0.1, 0.15) is 11.6 Å². The van der Waals surface area contributed by atoms with Crippen molar-refractivity contribution in [3.05, 3.63) is 77.5 Å². The molecule has 0 saturated heterocycles. The molecule has 1 heterocycles. The van der Waals surface area contributed by atoms with Gasteiger partial charge in [-0.15, -0.1) is 0 Å². The highest BCUT2D eigenvalue weighted by atomic mass is 19.1. The first-order valence-corrected chi connectivity index (χ1v) is 6.21. The van der Waals surface area contributed by atoms with Gasteiger partial charge in [0.15, 0.2) is 0 Å². The van der Waals surface area contributed by atoms with E-state index in [1.807, 2.05) is 24.3 Å². The van der Waals surface area contributed by atoms with Gasteiger partial charge in [-0.2, -0.15) is 0 Å². The van der Waals surface area contributed by atoms with E-state index in [-0.39, 0.29) is 5.56 Å². The molecule has 0 saturated carbocycles. The molecule has 0 amide bonds. The average molecular weight is 270 g/mol. The number of fused-ring (bicyclic) bond motifs is 1. The van der Waals surface area contributed by atoms with E-state index in [9.17, 15) is 8.78 Å². The van der Waals surface area contributed by atoms with Gasteiger partial charge in [-0.1, -0.05) is 24.3 Å². The number of hydrogen-bond acceptors (Lipinski definition) is 2. The summed E-state index contributed by atoms with van der Waals surface area (Å²) >= 11 is 0. The van der Waals surface area contributed by atoms with Crippen LogP contribution in [0.4, 0.5) is 8.78 Å². The zero-order chi connectivity index (χ0) is 14.1. The van der Waals surface area contributed by atoms with Crippen LogP contribution in [0.15, 0.2) is 54.7 Å². The summed E-state index contributed by atoms with van der Waals surface area (Å²) in [6.07, 6.45) is 1.64. The number of pyridine rings is 1. The number of hydrogen-bond donors (Lipinski definition) is 1. The summed E-state index contributed by atoms with van der Waals surface area (Å²) in [5.41, 5.74) is 7.97. The van der Waals surface area contributed by atoms with Gasteiger partial charge in [-0.25, -0.2) is 8.78 Å². The fraction of sp³-hybridized carbons (Fsp3) is 0.0625. The van der Waals surface area contributed by atoms with E-state index in [1.54, 1.807) is 12.3 Å². The second kappa shape index (κ2) is 4.98. The third-order valence-corrected chi connectivity index (χ3v) is 3.32. The maximum absolute atomic E-state index is 13.9. The van der Waals surface area contributed by atoms with Crippen molar-refractivity contribution in [3.8, 4) is 0 Å². The SMILES string of the molecule is NC(c1ccc(F)cc1F)c1ccnc2ccccc12. The third kappa shape index (κ3) is 2.14. The van der Waals surface area contributed by atoms with Crippen LogP contribution in [0, 0.1) is 11.6 Å². The molecule has 2 aromatic carbocycles. The number of nitrogens with zero attached hydrogens (tertiary/aromatic N) is 1. The van der Waals surface area contributed by atoms with E-state index in [0.717, 1.165) is 22.5 Å². The van der Waals surface area contributed by atoms with Crippen LogP contribution in [0.2, 0.25) is 0 Å². The van der Waals surface area contributed by atoms with Crippen molar-refractivity contribution in [3.63, 3.8) is 0 Å². The summed E-state index contributed by atoms with van der Waals surface area (Å²) in [5, 5.41) is 0.867. The summed E-state index contributed by atoms with van der Waals surface area (Å²) in [7, 11) is 0. The molecule has 0 aliphatic heterocycles. The largest absolute Gasteiger partial charge is 0.320 e.